The molecule has 0 unspecified atom stereocenters. The number of ether oxygens (including phenoxy) is 1. The van der Waals surface area contributed by atoms with Crippen LogP contribution in [0.15, 0.2) is 54.9 Å². The summed E-state index contributed by atoms with van der Waals surface area (Å²) in [5, 5.41) is 7.00. The fraction of sp³-hybridized carbons (Fsp3) is 0.176. The van der Waals surface area contributed by atoms with Crippen LogP contribution in [0.4, 0.5) is 5.69 Å². The minimum atomic E-state index is -0.153. The van der Waals surface area contributed by atoms with Crippen molar-refractivity contribution in [3.8, 4) is 5.75 Å². The van der Waals surface area contributed by atoms with E-state index in [1.807, 2.05) is 38.2 Å². The molecule has 0 saturated carbocycles. The average Bonchev–Trinajstić information content (AvgIpc) is 2.95. The molecule has 1 aromatic carbocycles. The molecule has 0 fully saturated rings. The Morgan fingerprint density at radius 2 is 1.95 bits per heavy atom. The van der Waals surface area contributed by atoms with Crippen LogP contribution in [0, 0.1) is 0 Å². The Hall–Kier alpha value is -2.82. The van der Waals surface area contributed by atoms with Crippen molar-refractivity contribution in [2.45, 2.75) is 20.0 Å². The first kappa shape index (κ1) is 14.1. The average molecular weight is 295 g/mol. The molecule has 2 aromatic heterocycles. The van der Waals surface area contributed by atoms with Crippen LogP contribution in [0.25, 0.3) is 5.52 Å². The molecule has 0 aliphatic rings. The Kier molecular flexibility index (Phi) is 3.78. The quantitative estimate of drug-likeness (QED) is 0.803. The summed E-state index contributed by atoms with van der Waals surface area (Å²) in [4.78, 5) is 12.2. The Bertz CT molecular complexity index is 791. The number of hydrogen-bond donors (Lipinski definition) is 1. The van der Waals surface area contributed by atoms with E-state index in [-0.39, 0.29) is 12.0 Å². The number of aromatic nitrogens is 2. The zero-order valence-electron chi connectivity index (χ0n) is 12.5. The number of hydrogen-bond acceptors (Lipinski definition) is 3. The summed E-state index contributed by atoms with van der Waals surface area (Å²) in [6.07, 6.45) is 3.64. The highest BCUT2D eigenvalue weighted by atomic mass is 16.5. The van der Waals surface area contributed by atoms with Gasteiger partial charge in [0.25, 0.3) is 5.91 Å². The summed E-state index contributed by atoms with van der Waals surface area (Å²) in [5.41, 5.74) is 2.25. The number of rotatable bonds is 4. The highest BCUT2D eigenvalue weighted by Crippen LogP contribution is 2.16. The molecule has 0 radical (unpaired) electrons. The van der Waals surface area contributed by atoms with Gasteiger partial charge in [0.15, 0.2) is 0 Å². The van der Waals surface area contributed by atoms with Crippen molar-refractivity contribution in [2.75, 3.05) is 5.32 Å². The summed E-state index contributed by atoms with van der Waals surface area (Å²) < 4.78 is 7.31. The van der Waals surface area contributed by atoms with E-state index in [0.29, 0.717) is 5.56 Å². The lowest BCUT2D eigenvalue weighted by molar-refractivity contribution is 0.102. The van der Waals surface area contributed by atoms with Gasteiger partial charge in [0.1, 0.15) is 5.75 Å². The van der Waals surface area contributed by atoms with Crippen molar-refractivity contribution < 1.29 is 9.53 Å². The number of carbonyl (C=O) groups is 1. The fourth-order valence-electron chi connectivity index (χ4n) is 2.16. The molecule has 0 atom stereocenters. The third-order valence-corrected chi connectivity index (χ3v) is 3.15. The topological polar surface area (TPSA) is 55.6 Å². The predicted molar refractivity (Wildman–Crippen MR) is 85.4 cm³/mol. The number of anilines is 1. The van der Waals surface area contributed by atoms with Gasteiger partial charge in [0, 0.05) is 23.6 Å². The number of fused-ring (bicyclic) bond motifs is 1. The van der Waals surface area contributed by atoms with E-state index in [9.17, 15) is 4.79 Å². The molecule has 22 heavy (non-hydrogen) atoms. The standard InChI is InChI=1S/C17H17N3O2/c1-12(2)22-16-5-3-13(4-6-16)17(21)19-14-8-10-20-15(11-14)7-9-18-20/h3-12H,1-2H3,(H,19,21). The van der Waals surface area contributed by atoms with Crippen molar-refractivity contribution in [3.63, 3.8) is 0 Å². The Labute approximate surface area is 128 Å². The van der Waals surface area contributed by atoms with Crippen molar-refractivity contribution in [2.24, 2.45) is 0 Å². The van der Waals surface area contributed by atoms with Gasteiger partial charge in [-0.3, -0.25) is 4.79 Å². The molecule has 0 saturated heterocycles. The zero-order valence-corrected chi connectivity index (χ0v) is 12.5. The maximum Gasteiger partial charge on any atom is 0.255 e. The van der Waals surface area contributed by atoms with Gasteiger partial charge in [-0.2, -0.15) is 5.10 Å². The van der Waals surface area contributed by atoms with Crippen LogP contribution < -0.4 is 10.1 Å². The second kappa shape index (κ2) is 5.89. The van der Waals surface area contributed by atoms with Gasteiger partial charge in [0.05, 0.1) is 11.6 Å². The van der Waals surface area contributed by atoms with Gasteiger partial charge >= 0.3 is 0 Å². The first-order chi connectivity index (χ1) is 10.6. The van der Waals surface area contributed by atoms with Crippen molar-refractivity contribution >= 4 is 17.1 Å². The van der Waals surface area contributed by atoms with Crippen LogP contribution in [0.1, 0.15) is 24.2 Å². The molecule has 2 heterocycles. The van der Waals surface area contributed by atoms with Crippen LogP contribution in [0.3, 0.4) is 0 Å². The predicted octanol–water partition coefficient (Wildman–Crippen LogP) is 3.37. The molecule has 0 spiro atoms. The summed E-state index contributed by atoms with van der Waals surface area (Å²) in [5.74, 6) is 0.604. The monoisotopic (exact) mass is 295 g/mol. The molecule has 1 N–H and O–H groups in total. The number of nitrogens with zero attached hydrogens (tertiary/aromatic N) is 2. The highest BCUT2D eigenvalue weighted by Gasteiger charge is 2.07. The van der Waals surface area contributed by atoms with Gasteiger partial charge in [-0.1, -0.05) is 0 Å². The van der Waals surface area contributed by atoms with Crippen LogP contribution in [-0.2, 0) is 0 Å². The van der Waals surface area contributed by atoms with Gasteiger partial charge in [-0.25, -0.2) is 4.52 Å². The number of benzene rings is 1. The van der Waals surface area contributed by atoms with Crippen LogP contribution in [-0.4, -0.2) is 21.6 Å². The Morgan fingerprint density at radius 3 is 2.68 bits per heavy atom. The lowest BCUT2D eigenvalue weighted by Gasteiger charge is -2.10. The molecule has 0 aliphatic carbocycles. The summed E-state index contributed by atoms with van der Waals surface area (Å²) in [6, 6.07) is 12.7. The second-order valence-electron chi connectivity index (χ2n) is 5.26. The molecular formula is C17H17N3O2. The Balaban J connectivity index is 1.73. The normalized spacial score (nSPS) is 10.9. The van der Waals surface area contributed by atoms with Gasteiger partial charge < -0.3 is 10.1 Å². The SMILES string of the molecule is CC(C)Oc1ccc(C(=O)Nc2ccn3nccc3c2)cc1. The van der Waals surface area contributed by atoms with Crippen LogP contribution in [0.5, 0.6) is 5.75 Å². The highest BCUT2D eigenvalue weighted by molar-refractivity contribution is 6.04. The van der Waals surface area contributed by atoms with Gasteiger partial charge in [0.2, 0.25) is 0 Å². The largest absolute Gasteiger partial charge is 0.491 e. The molecule has 5 nitrogen and oxygen atoms in total. The Morgan fingerprint density at radius 1 is 1.18 bits per heavy atom. The summed E-state index contributed by atoms with van der Waals surface area (Å²) in [7, 11) is 0. The van der Waals surface area contributed by atoms with Crippen molar-refractivity contribution in [3.05, 3.63) is 60.4 Å². The molecule has 3 aromatic rings. The summed E-state index contributed by atoms with van der Waals surface area (Å²) in [6.45, 7) is 3.93. The van der Waals surface area contributed by atoms with Crippen molar-refractivity contribution in [1.29, 1.82) is 0 Å². The fourth-order valence-corrected chi connectivity index (χ4v) is 2.16. The van der Waals surface area contributed by atoms with Crippen LogP contribution >= 0.6 is 0 Å². The molecule has 1 amide bonds. The maximum absolute atomic E-state index is 12.2. The van der Waals surface area contributed by atoms with E-state index in [1.54, 1.807) is 35.0 Å². The van der Waals surface area contributed by atoms with E-state index >= 15 is 0 Å². The molecule has 5 heteroatoms. The minimum absolute atomic E-state index is 0.113. The van der Waals surface area contributed by atoms with Gasteiger partial charge in [-0.05, 0) is 56.3 Å². The molecular weight excluding hydrogens is 278 g/mol. The minimum Gasteiger partial charge on any atom is -0.491 e. The molecule has 0 bridgehead atoms. The second-order valence-corrected chi connectivity index (χ2v) is 5.26. The number of amides is 1. The van der Waals surface area contributed by atoms with Gasteiger partial charge in [-0.15, -0.1) is 0 Å². The third kappa shape index (κ3) is 3.09. The summed E-state index contributed by atoms with van der Waals surface area (Å²) >= 11 is 0. The van der Waals surface area contributed by atoms with Crippen molar-refractivity contribution in [1.82, 2.24) is 9.61 Å². The van der Waals surface area contributed by atoms with Crippen LogP contribution in [0.2, 0.25) is 0 Å². The number of pyridine rings is 1. The maximum atomic E-state index is 12.2. The lowest BCUT2D eigenvalue weighted by Crippen LogP contribution is -2.12. The number of nitrogens with one attached hydrogen (secondary N) is 1. The lowest BCUT2D eigenvalue weighted by atomic mass is 10.2. The smallest absolute Gasteiger partial charge is 0.255 e. The van der Waals surface area contributed by atoms with E-state index in [2.05, 4.69) is 10.4 Å². The molecule has 0 aliphatic heterocycles. The first-order valence-electron chi connectivity index (χ1n) is 7.13. The number of carbonyl (C=O) groups excluding carboxylic acids is 1. The van der Waals surface area contributed by atoms with E-state index in [4.69, 9.17) is 4.74 Å². The van der Waals surface area contributed by atoms with E-state index in [0.717, 1.165) is 17.0 Å². The van der Waals surface area contributed by atoms with E-state index < -0.39 is 0 Å². The zero-order chi connectivity index (χ0) is 15.5. The van der Waals surface area contributed by atoms with E-state index in [1.165, 1.54) is 0 Å². The molecule has 3 rings (SSSR count). The third-order valence-electron chi connectivity index (χ3n) is 3.15. The molecule has 112 valence electrons. The first-order valence-corrected chi connectivity index (χ1v) is 7.13.